The maximum atomic E-state index is 2.64. The van der Waals surface area contributed by atoms with Crippen LogP contribution in [0.3, 0.4) is 0 Å². The number of fused-ring (bicyclic) bond motifs is 12. The van der Waals surface area contributed by atoms with Crippen LogP contribution in [0.4, 0.5) is 17.1 Å². The van der Waals surface area contributed by atoms with Crippen LogP contribution in [0.1, 0.15) is 0 Å². The van der Waals surface area contributed by atoms with Gasteiger partial charge in [0, 0.05) is 42.7 Å². The molecule has 0 saturated heterocycles. The highest BCUT2D eigenvalue weighted by Gasteiger charge is 2.53. The van der Waals surface area contributed by atoms with Crippen molar-refractivity contribution < 1.29 is 0 Å². The predicted octanol–water partition coefficient (Wildman–Crippen LogP) is 6.30. The molecule has 0 amide bonds. The topological polar surface area (TPSA) is 8.17 Å². The van der Waals surface area contributed by atoms with Gasteiger partial charge in [0.2, 0.25) is 0 Å². The fourth-order valence-electron chi connectivity index (χ4n) is 9.70. The molecule has 0 aliphatic carbocycles. The van der Waals surface area contributed by atoms with E-state index >= 15 is 0 Å². The summed E-state index contributed by atoms with van der Waals surface area (Å²) in [4.78, 5) is 2.64. The lowest BCUT2D eigenvalue weighted by Gasteiger charge is -2.49. The molecule has 0 fully saturated rings. The summed E-state index contributed by atoms with van der Waals surface area (Å²) >= 11 is 1.98. The van der Waals surface area contributed by atoms with Gasteiger partial charge < -0.3 is 9.47 Å². The Kier molecular flexibility index (Phi) is 5.00. The van der Waals surface area contributed by atoms with Crippen LogP contribution in [0.25, 0.3) is 37.6 Å². The number of nitrogens with zero attached hydrogens (tertiary/aromatic N) is 2. The van der Waals surface area contributed by atoms with Crippen molar-refractivity contribution in [3.05, 3.63) is 164 Å². The highest BCUT2D eigenvalue weighted by atomic mass is 32.1. The summed E-state index contributed by atoms with van der Waals surface area (Å²) in [5.74, 6) is 0. The van der Waals surface area contributed by atoms with Gasteiger partial charge in [0.15, 0.2) is 8.07 Å². The molecule has 12 rings (SSSR count). The van der Waals surface area contributed by atoms with Gasteiger partial charge in [0.05, 0.1) is 16.7 Å². The van der Waals surface area contributed by atoms with Crippen molar-refractivity contribution in [2.75, 3.05) is 4.90 Å². The first-order chi connectivity index (χ1) is 24.4. The minimum absolute atomic E-state index is 0.137. The van der Waals surface area contributed by atoms with Gasteiger partial charge in [0.25, 0.3) is 6.71 Å². The standard InChI is InChI=1S/C44H27BN2SSi/c1-3-14-28(15-4-1)49(29-16-5-2-6-17-29)38-24-12-10-22-35(38)46-36-27-26-31-30-18-7-9-21-34(30)47-41(31)40(36)45(33-20-13-25-39(49)43(33)46)44-42(47)32-19-8-11-23-37(32)48-44/h1-27H. The Morgan fingerprint density at radius 2 is 1.16 bits per heavy atom. The Morgan fingerprint density at radius 3 is 1.98 bits per heavy atom. The third kappa shape index (κ3) is 3.06. The summed E-state index contributed by atoms with van der Waals surface area (Å²) in [6, 6.07) is 62.2. The number of benzene rings is 7. The molecule has 0 saturated carbocycles. The zero-order valence-electron chi connectivity index (χ0n) is 26.5. The summed E-state index contributed by atoms with van der Waals surface area (Å²) in [6.07, 6.45) is 0. The first kappa shape index (κ1) is 26.3. The number of hydrogen-bond acceptors (Lipinski definition) is 2. The third-order valence-corrected chi connectivity index (χ3v) is 17.5. The molecule has 0 bridgehead atoms. The summed E-state index contributed by atoms with van der Waals surface area (Å²) in [6.45, 7) is 0.137. The largest absolute Gasteiger partial charge is 0.312 e. The number of thiophene rings is 1. The molecule has 9 aromatic rings. The van der Waals surface area contributed by atoms with E-state index < -0.39 is 8.07 Å². The molecule has 0 spiro atoms. The van der Waals surface area contributed by atoms with Crippen LogP contribution in [0, 0.1) is 0 Å². The Hall–Kier alpha value is -5.62. The quantitative estimate of drug-likeness (QED) is 0.199. The fourth-order valence-corrected chi connectivity index (χ4v) is 16.2. The van der Waals surface area contributed by atoms with E-state index in [-0.39, 0.29) is 6.71 Å². The predicted molar refractivity (Wildman–Crippen MR) is 213 cm³/mol. The Labute approximate surface area is 289 Å². The normalized spacial score (nSPS) is 14.6. The van der Waals surface area contributed by atoms with E-state index in [1.807, 2.05) is 11.3 Å². The third-order valence-electron chi connectivity index (χ3n) is 11.4. The zero-order valence-corrected chi connectivity index (χ0v) is 28.3. The van der Waals surface area contributed by atoms with E-state index in [0.29, 0.717) is 0 Å². The van der Waals surface area contributed by atoms with Gasteiger partial charge in [-0.05, 0) is 55.9 Å². The lowest BCUT2D eigenvalue weighted by Crippen LogP contribution is -2.78. The fraction of sp³-hybridized carbons (Fsp3) is 0. The van der Waals surface area contributed by atoms with Crippen molar-refractivity contribution in [1.82, 2.24) is 4.57 Å². The number of para-hydroxylation sites is 3. The molecular weight excluding hydrogens is 627 g/mol. The molecular formula is C44H27BN2SSi. The lowest BCUT2D eigenvalue weighted by atomic mass is 9.36. The summed E-state index contributed by atoms with van der Waals surface area (Å²) in [7, 11) is -2.73. The number of anilines is 3. The zero-order chi connectivity index (χ0) is 31.8. The van der Waals surface area contributed by atoms with Crippen molar-refractivity contribution in [2.24, 2.45) is 0 Å². The van der Waals surface area contributed by atoms with Crippen LogP contribution in [0.15, 0.2) is 164 Å². The highest BCUT2D eigenvalue weighted by molar-refractivity contribution is 7.33. The summed E-state index contributed by atoms with van der Waals surface area (Å²) < 4.78 is 5.40. The minimum Gasteiger partial charge on any atom is -0.312 e. The molecule has 5 heterocycles. The summed E-state index contributed by atoms with van der Waals surface area (Å²) in [5.41, 5.74) is 10.8. The average molecular weight is 655 g/mol. The van der Waals surface area contributed by atoms with E-state index in [1.165, 1.54) is 91.1 Å². The number of rotatable bonds is 2. The molecule has 0 N–H and O–H groups in total. The van der Waals surface area contributed by atoms with Gasteiger partial charge in [0.1, 0.15) is 0 Å². The van der Waals surface area contributed by atoms with Gasteiger partial charge >= 0.3 is 0 Å². The molecule has 3 aliphatic rings. The maximum absolute atomic E-state index is 2.73. The highest BCUT2D eigenvalue weighted by Crippen LogP contribution is 2.45. The van der Waals surface area contributed by atoms with Crippen LogP contribution in [-0.4, -0.2) is 19.4 Å². The first-order valence-electron chi connectivity index (χ1n) is 17.1. The van der Waals surface area contributed by atoms with Crippen LogP contribution >= 0.6 is 11.3 Å². The number of hydrogen-bond donors (Lipinski definition) is 0. The minimum atomic E-state index is -2.73. The van der Waals surface area contributed by atoms with Crippen molar-refractivity contribution in [1.29, 1.82) is 0 Å². The van der Waals surface area contributed by atoms with E-state index in [9.17, 15) is 0 Å². The molecule has 2 nitrogen and oxygen atoms in total. The van der Waals surface area contributed by atoms with Crippen LogP contribution < -0.4 is 41.3 Å². The molecule has 0 radical (unpaired) electrons. The second-order valence-electron chi connectivity index (χ2n) is 13.6. The van der Waals surface area contributed by atoms with Gasteiger partial charge in [-0.2, -0.15) is 0 Å². The Balaban J connectivity index is 1.30. The average Bonchev–Trinajstić information content (AvgIpc) is 3.72. The maximum Gasteiger partial charge on any atom is 0.264 e. The summed E-state index contributed by atoms with van der Waals surface area (Å²) in [5, 5.41) is 9.77. The first-order valence-corrected chi connectivity index (χ1v) is 19.9. The molecule has 0 unspecified atom stereocenters. The van der Waals surface area contributed by atoms with Crippen molar-refractivity contribution in [2.45, 2.75) is 0 Å². The lowest BCUT2D eigenvalue weighted by molar-refractivity contribution is 1.21. The molecule has 7 aromatic carbocycles. The smallest absolute Gasteiger partial charge is 0.264 e. The Morgan fingerprint density at radius 1 is 0.490 bits per heavy atom. The van der Waals surface area contributed by atoms with Crippen molar-refractivity contribution >= 4 is 112 Å². The van der Waals surface area contributed by atoms with Crippen LogP contribution in [-0.2, 0) is 0 Å². The molecule has 226 valence electrons. The van der Waals surface area contributed by atoms with E-state index in [4.69, 9.17) is 0 Å². The Bertz CT molecular complexity index is 2820. The van der Waals surface area contributed by atoms with Crippen molar-refractivity contribution in [3.8, 4) is 5.69 Å². The second kappa shape index (κ2) is 9.29. The second-order valence-corrected chi connectivity index (χ2v) is 18.4. The van der Waals surface area contributed by atoms with Gasteiger partial charge in [-0.1, -0.05) is 140 Å². The van der Waals surface area contributed by atoms with Gasteiger partial charge in [-0.15, -0.1) is 11.3 Å². The van der Waals surface area contributed by atoms with E-state index in [2.05, 4.69) is 173 Å². The molecule has 5 heteroatoms. The SMILES string of the molecule is c1ccc([Si]2(c3ccccc3)c3ccccc3N3c4ccc5c6ccccc6n6c5c4B(c4cccc2c43)c2sc3ccccc3c2-6)cc1. The molecule has 49 heavy (non-hydrogen) atoms. The number of aromatic nitrogens is 1. The monoisotopic (exact) mass is 654 g/mol. The van der Waals surface area contributed by atoms with Crippen LogP contribution in [0.5, 0.6) is 0 Å². The molecule has 2 aromatic heterocycles. The molecule has 0 atom stereocenters. The van der Waals surface area contributed by atoms with Gasteiger partial charge in [-0.25, -0.2) is 0 Å². The van der Waals surface area contributed by atoms with Gasteiger partial charge in [-0.3, -0.25) is 0 Å². The van der Waals surface area contributed by atoms with Crippen molar-refractivity contribution in [3.63, 3.8) is 0 Å². The van der Waals surface area contributed by atoms with E-state index in [1.54, 1.807) is 0 Å². The molecule has 3 aliphatic heterocycles. The van der Waals surface area contributed by atoms with E-state index in [0.717, 1.165) is 0 Å². The van der Waals surface area contributed by atoms with Crippen LogP contribution in [0.2, 0.25) is 0 Å².